The summed E-state index contributed by atoms with van der Waals surface area (Å²) in [6.45, 7) is 9.17. The lowest BCUT2D eigenvalue weighted by Gasteiger charge is -2.08. The van der Waals surface area contributed by atoms with E-state index < -0.39 is 0 Å². The fourth-order valence-electron chi connectivity index (χ4n) is 1.03. The molecule has 0 fully saturated rings. The van der Waals surface area contributed by atoms with Gasteiger partial charge in [0.25, 0.3) is 0 Å². The molecule has 1 N–H and O–H groups in total. The summed E-state index contributed by atoms with van der Waals surface area (Å²) in [5.74, 6) is 0.231. The molecule has 0 aliphatic rings. The molecule has 3 nitrogen and oxygen atoms in total. The Morgan fingerprint density at radius 3 is 2.33 bits per heavy atom. The number of carbonyl (C=O) groups is 1. The third-order valence-corrected chi connectivity index (χ3v) is 2.05. The number of rotatable bonds is 6. The van der Waals surface area contributed by atoms with Crippen LogP contribution >= 0.6 is 0 Å². The van der Waals surface area contributed by atoms with Gasteiger partial charge in [-0.05, 0) is 12.3 Å². The second-order valence-corrected chi connectivity index (χ2v) is 3.38. The van der Waals surface area contributed by atoms with Gasteiger partial charge in [-0.1, -0.05) is 39.7 Å². The van der Waals surface area contributed by atoms with Gasteiger partial charge in [-0.15, -0.1) is 0 Å². The van der Waals surface area contributed by atoms with Gasteiger partial charge < -0.3 is 9.84 Å². The summed E-state index contributed by atoms with van der Waals surface area (Å²) in [6.07, 6.45) is 5.93. The van der Waals surface area contributed by atoms with E-state index in [-0.39, 0.29) is 5.97 Å². The fraction of sp³-hybridized carbons (Fsp3) is 0.750. The van der Waals surface area contributed by atoms with Gasteiger partial charge in [0.2, 0.25) is 0 Å². The molecule has 0 spiro atoms. The number of ether oxygens (including phenoxy) is 1. The second kappa shape index (κ2) is 13.2. The van der Waals surface area contributed by atoms with Crippen LogP contribution in [0.3, 0.4) is 0 Å². The summed E-state index contributed by atoms with van der Waals surface area (Å²) in [6, 6.07) is 0. The molecule has 1 atom stereocenters. The first-order valence-corrected chi connectivity index (χ1v) is 5.51. The predicted molar refractivity (Wildman–Crippen MR) is 62.4 cm³/mol. The van der Waals surface area contributed by atoms with Crippen molar-refractivity contribution in [3.05, 3.63) is 12.8 Å². The summed E-state index contributed by atoms with van der Waals surface area (Å²) in [7, 11) is 0. The topological polar surface area (TPSA) is 46.5 Å². The fourth-order valence-corrected chi connectivity index (χ4v) is 1.03. The summed E-state index contributed by atoms with van der Waals surface area (Å²) in [5, 5.41) is 8.75. The van der Waals surface area contributed by atoms with E-state index in [0.717, 1.165) is 12.7 Å². The number of unbranched alkanes of at least 4 members (excludes halogenated alkanes) is 1. The summed E-state index contributed by atoms with van der Waals surface area (Å²) in [5.41, 5.74) is 0. The van der Waals surface area contributed by atoms with E-state index >= 15 is 0 Å². The van der Waals surface area contributed by atoms with Crippen LogP contribution in [0.25, 0.3) is 0 Å². The minimum atomic E-state index is -0.329. The maximum atomic E-state index is 9.75. The van der Waals surface area contributed by atoms with E-state index in [9.17, 15) is 4.79 Å². The van der Waals surface area contributed by atoms with Crippen molar-refractivity contribution in [2.45, 2.75) is 46.5 Å². The zero-order valence-corrected chi connectivity index (χ0v) is 10.2. The van der Waals surface area contributed by atoms with Gasteiger partial charge in [-0.2, -0.15) is 0 Å². The summed E-state index contributed by atoms with van der Waals surface area (Å²) >= 11 is 0. The molecule has 0 amide bonds. The molecule has 0 heterocycles. The zero-order chi connectivity index (χ0) is 12.1. The molecule has 0 rings (SSSR count). The highest BCUT2D eigenvalue weighted by Crippen LogP contribution is 2.10. The van der Waals surface area contributed by atoms with Gasteiger partial charge in [0.15, 0.2) is 0 Å². The van der Waals surface area contributed by atoms with Crippen molar-refractivity contribution in [1.82, 2.24) is 0 Å². The van der Waals surface area contributed by atoms with E-state index in [4.69, 9.17) is 5.11 Å². The molecule has 0 aromatic rings. The quantitative estimate of drug-likeness (QED) is 0.548. The number of aliphatic hydroxyl groups excluding tert-OH is 1. The summed E-state index contributed by atoms with van der Waals surface area (Å²) < 4.78 is 4.17. The van der Waals surface area contributed by atoms with Crippen molar-refractivity contribution >= 4 is 5.97 Å². The minimum absolute atomic E-state index is 0.329. The average molecular weight is 216 g/mol. The van der Waals surface area contributed by atoms with E-state index in [0.29, 0.717) is 12.5 Å². The van der Waals surface area contributed by atoms with Crippen molar-refractivity contribution < 1.29 is 14.6 Å². The lowest BCUT2D eigenvalue weighted by Crippen LogP contribution is -2.03. The highest BCUT2D eigenvalue weighted by Gasteiger charge is 2.01. The van der Waals surface area contributed by atoms with Crippen LogP contribution in [0, 0.1) is 5.92 Å². The molecule has 15 heavy (non-hydrogen) atoms. The van der Waals surface area contributed by atoms with E-state index in [1.807, 2.05) is 0 Å². The van der Waals surface area contributed by atoms with Crippen molar-refractivity contribution in [3.8, 4) is 0 Å². The lowest BCUT2D eigenvalue weighted by atomic mass is 10.0. The van der Waals surface area contributed by atoms with E-state index in [2.05, 4.69) is 25.2 Å². The van der Waals surface area contributed by atoms with Crippen molar-refractivity contribution in [3.63, 3.8) is 0 Å². The number of hydrogen-bond donors (Lipinski definition) is 1. The predicted octanol–water partition coefficient (Wildman–Crippen LogP) is 2.89. The van der Waals surface area contributed by atoms with Gasteiger partial charge in [-0.25, -0.2) is 0 Å². The van der Waals surface area contributed by atoms with Crippen LogP contribution in [0.2, 0.25) is 0 Å². The van der Waals surface area contributed by atoms with Crippen molar-refractivity contribution in [2.24, 2.45) is 5.92 Å². The molecule has 0 aliphatic carbocycles. The van der Waals surface area contributed by atoms with Crippen molar-refractivity contribution in [1.29, 1.82) is 0 Å². The van der Waals surface area contributed by atoms with Gasteiger partial charge in [0, 0.05) is 13.5 Å². The number of aliphatic hydroxyl groups is 1. The Balaban J connectivity index is 0. The molecule has 0 aromatic heterocycles. The number of carbonyl (C=O) groups excluding carboxylic acids is 1. The Morgan fingerprint density at radius 1 is 1.53 bits per heavy atom. The van der Waals surface area contributed by atoms with E-state index in [1.165, 1.54) is 26.2 Å². The number of esters is 1. The maximum Gasteiger partial charge on any atom is 0.307 e. The largest absolute Gasteiger partial charge is 0.435 e. The smallest absolute Gasteiger partial charge is 0.307 e. The number of hydrogen-bond acceptors (Lipinski definition) is 3. The van der Waals surface area contributed by atoms with Gasteiger partial charge in [-0.3, -0.25) is 4.79 Å². The normalized spacial score (nSPS) is 10.9. The van der Waals surface area contributed by atoms with Crippen LogP contribution < -0.4 is 0 Å². The molecule has 1 unspecified atom stereocenters. The maximum absolute atomic E-state index is 9.75. The highest BCUT2D eigenvalue weighted by atomic mass is 16.5. The molecule has 90 valence electrons. The minimum Gasteiger partial charge on any atom is -0.435 e. The molecular weight excluding hydrogens is 192 g/mol. The first kappa shape index (κ1) is 16.6. The molecule has 0 aromatic carbocycles. The van der Waals surface area contributed by atoms with Crippen LogP contribution in [0.15, 0.2) is 12.8 Å². The highest BCUT2D eigenvalue weighted by molar-refractivity contribution is 5.66. The third kappa shape index (κ3) is 15.9. The third-order valence-electron chi connectivity index (χ3n) is 2.05. The van der Waals surface area contributed by atoms with Gasteiger partial charge in [0.05, 0.1) is 6.26 Å². The van der Waals surface area contributed by atoms with Crippen LogP contribution in [0.1, 0.15) is 46.5 Å². The Hall–Kier alpha value is -0.830. The monoisotopic (exact) mass is 216 g/mol. The second-order valence-electron chi connectivity index (χ2n) is 3.38. The molecule has 0 saturated heterocycles. The molecular formula is C12H24O3. The van der Waals surface area contributed by atoms with Crippen LogP contribution in [-0.4, -0.2) is 17.7 Å². The first-order valence-electron chi connectivity index (χ1n) is 5.51. The van der Waals surface area contributed by atoms with Crippen LogP contribution in [0.4, 0.5) is 0 Å². The van der Waals surface area contributed by atoms with Crippen LogP contribution in [-0.2, 0) is 9.53 Å². The van der Waals surface area contributed by atoms with E-state index in [1.54, 1.807) is 0 Å². The Morgan fingerprint density at radius 2 is 2.13 bits per heavy atom. The Labute approximate surface area is 93.1 Å². The zero-order valence-electron chi connectivity index (χ0n) is 10.2. The summed E-state index contributed by atoms with van der Waals surface area (Å²) in [4.78, 5) is 9.75. The molecule has 3 heteroatoms. The Kier molecular flexibility index (Phi) is 14.6. The molecule has 0 bridgehead atoms. The Bertz CT molecular complexity index is 151. The standard InChI is InChI=1S/C8H18O.C4H6O2/c1-3-5-6-8(4-2)7-9;1-3-6-4(2)5/h8-9H,3-7H2,1-2H3;3H,1H2,2H3. The lowest BCUT2D eigenvalue weighted by molar-refractivity contribution is -0.135. The molecule has 0 saturated carbocycles. The van der Waals surface area contributed by atoms with Gasteiger partial charge in [0.1, 0.15) is 0 Å². The molecule has 0 radical (unpaired) electrons. The SMILES string of the molecule is C=COC(C)=O.CCCCC(CC)CO. The van der Waals surface area contributed by atoms with Crippen molar-refractivity contribution in [2.75, 3.05) is 6.61 Å². The molecule has 0 aliphatic heterocycles. The average Bonchev–Trinajstić information content (AvgIpc) is 2.20. The van der Waals surface area contributed by atoms with Crippen LogP contribution in [0.5, 0.6) is 0 Å². The first-order chi connectivity index (χ1) is 7.12. The van der Waals surface area contributed by atoms with Gasteiger partial charge >= 0.3 is 5.97 Å².